The van der Waals surface area contributed by atoms with Gasteiger partial charge >= 0.3 is 5.97 Å². The van der Waals surface area contributed by atoms with Crippen LogP contribution >= 0.6 is 0 Å². The van der Waals surface area contributed by atoms with E-state index in [9.17, 15) is 4.79 Å². The van der Waals surface area contributed by atoms with Crippen LogP contribution in [0.3, 0.4) is 0 Å². The molecule has 0 atom stereocenters. The van der Waals surface area contributed by atoms with E-state index in [4.69, 9.17) is 5.11 Å². The van der Waals surface area contributed by atoms with Gasteiger partial charge in [0.2, 0.25) is 0 Å². The fourth-order valence-corrected chi connectivity index (χ4v) is 2.66. The molecular formula is C25H18O2. The molecule has 0 aliphatic carbocycles. The van der Waals surface area contributed by atoms with Crippen molar-refractivity contribution in [2.45, 2.75) is 0 Å². The van der Waals surface area contributed by atoms with Crippen molar-refractivity contribution in [3.05, 3.63) is 108 Å². The predicted molar refractivity (Wildman–Crippen MR) is 111 cm³/mol. The van der Waals surface area contributed by atoms with Gasteiger partial charge in [0.15, 0.2) is 0 Å². The number of rotatable bonds is 4. The van der Waals surface area contributed by atoms with Gasteiger partial charge in [-0.05, 0) is 58.7 Å². The zero-order chi connectivity index (χ0) is 19.1. The Morgan fingerprint density at radius 3 is 2.30 bits per heavy atom. The maximum absolute atomic E-state index is 10.9. The second kappa shape index (κ2) is 8.51. The summed E-state index contributed by atoms with van der Waals surface area (Å²) in [6.45, 7) is 3.78. The smallest absolute Gasteiger partial charge is 0.335 e. The van der Waals surface area contributed by atoms with Crippen molar-refractivity contribution in [3.63, 3.8) is 0 Å². The Labute approximate surface area is 159 Å². The van der Waals surface area contributed by atoms with Gasteiger partial charge in [0.1, 0.15) is 0 Å². The average Bonchev–Trinajstić information content (AvgIpc) is 2.72. The van der Waals surface area contributed by atoms with Gasteiger partial charge in [-0.2, -0.15) is 0 Å². The monoisotopic (exact) mass is 350 g/mol. The molecule has 0 spiro atoms. The fourth-order valence-electron chi connectivity index (χ4n) is 2.66. The lowest BCUT2D eigenvalue weighted by molar-refractivity contribution is 0.0697. The molecule has 3 aromatic rings. The van der Waals surface area contributed by atoms with Crippen molar-refractivity contribution in [2.24, 2.45) is 0 Å². The van der Waals surface area contributed by atoms with E-state index in [2.05, 4.69) is 42.7 Å². The molecule has 0 bridgehead atoms. The third-order valence-electron chi connectivity index (χ3n) is 4.11. The van der Waals surface area contributed by atoms with E-state index in [1.807, 2.05) is 42.5 Å². The van der Waals surface area contributed by atoms with E-state index < -0.39 is 5.97 Å². The molecule has 2 heteroatoms. The SMILES string of the molecule is C=Cc1ccc(-c2ccccc2C=CC#Cc2ccc(C(=O)O)cc2)cc1. The minimum absolute atomic E-state index is 0.257. The van der Waals surface area contributed by atoms with Crippen LogP contribution in [0.15, 0.2) is 85.5 Å². The molecule has 3 aromatic carbocycles. The average molecular weight is 350 g/mol. The first-order chi connectivity index (χ1) is 13.2. The number of benzene rings is 3. The van der Waals surface area contributed by atoms with Crippen LogP contribution in [0.25, 0.3) is 23.3 Å². The summed E-state index contributed by atoms with van der Waals surface area (Å²) in [6, 6.07) is 22.9. The largest absolute Gasteiger partial charge is 0.478 e. The molecule has 0 heterocycles. The summed E-state index contributed by atoms with van der Waals surface area (Å²) < 4.78 is 0. The molecule has 0 unspecified atom stereocenters. The normalized spacial score (nSPS) is 10.2. The van der Waals surface area contributed by atoms with E-state index in [-0.39, 0.29) is 5.56 Å². The third kappa shape index (κ3) is 4.62. The number of carbonyl (C=O) groups is 1. The van der Waals surface area contributed by atoms with Crippen LogP contribution in [0.4, 0.5) is 0 Å². The maximum atomic E-state index is 10.9. The van der Waals surface area contributed by atoms with Gasteiger partial charge in [0, 0.05) is 5.56 Å². The van der Waals surface area contributed by atoms with Gasteiger partial charge in [-0.1, -0.05) is 73.0 Å². The van der Waals surface area contributed by atoms with E-state index in [1.165, 1.54) is 0 Å². The molecule has 0 aliphatic rings. The highest BCUT2D eigenvalue weighted by atomic mass is 16.4. The van der Waals surface area contributed by atoms with Crippen LogP contribution < -0.4 is 0 Å². The van der Waals surface area contributed by atoms with Crippen LogP contribution in [0, 0.1) is 11.8 Å². The Hall–Kier alpha value is -3.83. The highest BCUT2D eigenvalue weighted by Gasteiger charge is 2.02. The van der Waals surface area contributed by atoms with E-state index in [0.29, 0.717) is 0 Å². The standard InChI is InChI=1S/C25H18O2/c1-2-19-11-15-22(16-12-19)24-10-6-5-9-21(24)8-4-3-7-20-13-17-23(18-14-20)25(26)27/h2,4-6,8-18H,1H2,(H,26,27). The summed E-state index contributed by atoms with van der Waals surface area (Å²) in [7, 11) is 0. The van der Waals surface area contributed by atoms with Crippen LogP contribution in [0.2, 0.25) is 0 Å². The van der Waals surface area contributed by atoms with Crippen molar-refractivity contribution in [3.8, 4) is 23.0 Å². The van der Waals surface area contributed by atoms with Gasteiger partial charge in [-0.3, -0.25) is 0 Å². The van der Waals surface area contributed by atoms with E-state index in [1.54, 1.807) is 24.3 Å². The predicted octanol–water partition coefficient (Wildman–Crippen LogP) is 5.76. The van der Waals surface area contributed by atoms with Crippen molar-refractivity contribution in [2.75, 3.05) is 0 Å². The van der Waals surface area contributed by atoms with Crippen molar-refractivity contribution >= 4 is 18.1 Å². The second-order valence-electron chi connectivity index (χ2n) is 5.90. The first-order valence-corrected chi connectivity index (χ1v) is 8.51. The van der Waals surface area contributed by atoms with Gasteiger partial charge in [0.05, 0.1) is 5.56 Å². The summed E-state index contributed by atoms with van der Waals surface area (Å²) in [5.41, 5.74) is 5.48. The van der Waals surface area contributed by atoms with Crippen LogP contribution in [-0.4, -0.2) is 11.1 Å². The van der Waals surface area contributed by atoms with Crippen LogP contribution in [0.1, 0.15) is 27.0 Å². The summed E-state index contributed by atoms with van der Waals surface area (Å²) in [6.07, 6.45) is 5.62. The van der Waals surface area contributed by atoms with Gasteiger partial charge in [-0.15, -0.1) is 0 Å². The molecule has 130 valence electrons. The van der Waals surface area contributed by atoms with Crippen molar-refractivity contribution in [1.29, 1.82) is 0 Å². The first-order valence-electron chi connectivity index (χ1n) is 8.51. The van der Waals surface area contributed by atoms with Gasteiger partial charge < -0.3 is 5.11 Å². The zero-order valence-electron chi connectivity index (χ0n) is 14.7. The molecule has 0 fully saturated rings. The van der Waals surface area contributed by atoms with E-state index in [0.717, 1.165) is 27.8 Å². The Morgan fingerprint density at radius 1 is 0.926 bits per heavy atom. The topological polar surface area (TPSA) is 37.3 Å². The molecular weight excluding hydrogens is 332 g/mol. The lowest BCUT2D eigenvalue weighted by Crippen LogP contribution is -1.94. The van der Waals surface area contributed by atoms with Crippen LogP contribution in [-0.2, 0) is 0 Å². The van der Waals surface area contributed by atoms with Crippen molar-refractivity contribution in [1.82, 2.24) is 0 Å². The quantitative estimate of drug-likeness (QED) is 0.607. The molecule has 0 radical (unpaired) electrons. The number of carboxylic acid groups (broad SMARTS) is 1. The highest BCUT2D eigenvalue weighted by molar-refractivity contribution is 5.87. The lowest BCUT2D eigenvalue weighted by atomic mass is 9.98. The van der Waals surface area contributed by atoms with Crippen LogP contribution in [0.5, 0.6) is 0 Å². The minimum Gasteiger partial charge on any atom is -0.478 e. The molecule has 3 rings (SSSR count). The van der Waals surface area contributed by atoms with Gasteiger partial charge in [0.25, 0.3) is 0 Å². The third-order valence-corrected chi connectivity index (χ3v) is 4.11. The maximum Gasteiger partial charge on any atom is 0.335 e. The molecule has 0 aliphatic heterocycles. The minimum atomic E-state index is -0.938. The highest BCUT2D eigenvalue weighted by Crippen LogP contribution is 2.25. The summed E-state index contributed by atoms with van der Waals surface area (Å²) in [5.74, 6) is 5.08. The Morgan fingerprint density at radius 2 is 1.63 bits per heavy atom. The Kier molecular flexibility index (Phi) is 5.67. The lowest BCUT2D eigenvalue weighted by Gasteiger charge is -2.06. The number of carboxylic acids is 1. The summed E-state index contributed by atoms with van der Waals surface area (Å²) in [4.78, 5) is 10.9. The first kappa shape index (κ1) is 18.0. The summed E-state index contributed by atoms with van der Waals surface area (Å²) in [5, 5.41) is 8.91. The molecule has 2 nitrogen and oxygen atoms in total. The number of allylic oxidation sites excluding steroid dienone is 1. The number of hydrogen-bond acceptors (Lipinski definition) is 1. The Bertz CT molecular complexity index is 1040. The molecule has 0 aromatic heterocycles. The fraction of sp³-hybridized carbons (Fsp3) is 0. The van der Waals surface area contributed by atoms with E-state index >= 15 is 0 Å². The zero-order valence-corrected chi connectivity index (χ0v) is 14.7. The molecule has 27 heavy (non-hydrogen) atoms. The van der Waals surface area contributed by atoms with Gasteiger partial charge in [-0.25, -0.2) is 4.79 Å². The molecule has 0 saturated carbocycles. The Balaban J connectivity index is 1.80. The molecule has 1 N–H and O–H groups in total. The van der Waals surface area contributed by atoms with Crippen molar-refractivity contribution < 1.29 is 9.90 Å². The second-order valence-corrected chi connectivity index (χ2v) is 5.90. The number of aromatic carboxylic acids is 1. The molecule has 0 amide bonds. The molecule has 0 saturated heterocycles. The number of hydrogen-bond donors (Lipinski definition) is 1. The summed E-state index contributed by atoms with van der Waals surface area (Å²) >= 11 is 0.